The predicted molar refractivity (Wildman–Crippen MR) is 66.2 cm³/mol. The number of hydrogen-bond donors (Lipinski definition) is 1. The van der Waals surface area contributed by atoms with Gasteiger partial charge in [-0.15, -0.1) is 0 Å². The first kappa shape index (κ1) is 11.6. The zero-order valence-corrected chi connectivity index (χ0v) is 10.2. The molecule has 1 N–H and O–H groups in total. The number of carbonyl (C=O) groups is 1. The molecule has 2 fully saturated rings. The lowest BCUT2D eigenvalue weighted by Gasteiger charge is -2.43. The van der Waals surface area contributed by atoms with Gasteiger partial charge in [0.25, 0.3) is 5.91 Å². The minimum Gasteiger partial charge on any atom is -0.335 e. The van der Waals surface area contributed by atoms with E-state index in [2.05, 4.69) is 20.2 Å². The van der Waals surface area contributed by atoms with E-state index in [1.165, 1.54) is 6.20 Å². The summed E-state index contributed by atoms with van der Waals surface area (Å²) < 4.78 is 0. The van der Waals surface area contributed by atoms with Gasteiger partial charge in [-0.3, -0.25) is 14.7 Å². The molecule has 0 radical (unpaired) electrons. The lowest BCUT2D eigenvalue weighted by atomic mass is 10.1. The SMILES string of the molecule is O=C(c1cnccn1)N1CCN(C2CNC2)CC1. The second-order valence-corrected chi connectivity index (χ2v) is 4.73. The van der Waals surface area contributed by atoms with Crippen molar-refractivity contribution in [1.29, 1.82) is 0 Å². The first-order chi connectivity index (χ1) is 8.84. The fourth-order valence-corrected chi connectivity index (χ4v) is 2.39. The minimum atomic E-state index is -0.00511. The molecular formula is C12H17N5O. The number of aromatic nitrogens is 2. The average Bonchev–Trinajstić information content (AvgIpc) is 2.38. The van der Waals surface area contributed by atoms with Crippen LogP contribution >= 0.6 is 0 Å². The maximum atomic E-state index is 12.2. The van der Waals surface area contributed by atoms with Gasteiger partial charge in [0.2, 0.25) is 0 Å². The van der Waals surface area contributed by atoms with Crippen LogP contribution in [0.2, 0.25) is 0 Å². The molecule has 0 unspecified atom stereocenters. The molecule has 6 nitrogen and oxygen atoms in total. The summed E-state index contributed by atoms with van der Waals surface area (Å²) in [6.07, 6.45) is 4.67. The first-order valence-corrected chi connectivity index (χ1v) is 6.34. The van der Waals surface area contributed by atoms with Crippen molar-refractivity contribution < 1.29 is 4.79 Å². The van der Waals surface area contributed by atoms with Gasteiger partial charge in [-0.25, -0.2) is 4.98 Å². The molecule has 1 aromatic rings. The smallest absolute Gasteiger partial charge is 0.274 e. The lowest BCUT2D eigenvalue weighted by Crippen LogP contribution is -2.62. The van der Waals surface area contributed by atoms with Gasteiger partial charge in [-0.05, 0) is 0 Å². The fourth-order valence-electron chi connectivity index (χ4n) is 2.39. The molecule has 2 aliphatic rings. The largest absolute Gasteiger partial charge is 0.335 e. The van der Waals surface area contributed by atoms with Crippen LogP contribution < -0.4 is 5.32 Å². The van der Waals surface area contributed by atoms with E-state index < -0.39 is 0 Å². The Morgan fingerprint density at radius 1 is 1.22 bits per heavy atom. The first-order valence-electron chi connectivity index (χ1n) is 6.34. The molecule has 1 aromatic heterocycles. The average molecular weight is 247 g/mol. The Bertz CT molecular complexity index is 412. The van der Waals surface area contributed by atoms with Crippen LogP contribution in [0.1, 0.15) is 10.5 Å². The summed E-state index contributed by atoms with van der Waals surface area (Å²) in [6, 6.07) is 0.666. The fraction of sp³-hybridized carbons (Fsp3) is 0.583. The zero-order chi connectivity index (χ0) is 12.4. The molecule has 1 amide bonds. The zero-order valence-electron chi connectivity index (χ0n) is 10.2. The Morgan fingerprint density at radius 3 is 2.56 bits per heavy atom. The maximum Gasteiger partial charge on any atom is 0.274 e. The van der Waals surface area contributed by atoms with Gasteiger partial charge in [0.05, 0.1) is 6.20 Å². The number of rotatable bonds is 2. The van der Waals surface area contributed by atoms with E-state index in [9.17, 15) is 4.79 Å². The van der Waals surface area contributed by atoms with Crippen molar-refractivity contribution in [3.05, 3.63) is 24.3 Å². The van der Waals surface area contributed by atoms with Crippen molar-refractivity contribution in [1.82, 2.24) is 25.1 Å². The maximum absolute atomic E-state index is 12.2. The molecule has 0 bridgehead atoms. The van der Waals surface area contributed by atoms with Crippen LogP contribution in [0.15, 0.2) is 18.6 Å². The Kier molecular flexibility index (Phi) is 3.21. The lowest BCUT2D eigenvalue weighted by molar-refractivity contribution is 0.0497. The molecule has 2 aliphatic heterocycles. The molecule has 0 spiro atoms. The van der Waals surface area contributed by atoms with E-state index in [1.807, 2.05) is 4.90 Å². The highest BCUT2D eigenvalue weighted by atomic mass is 16.2. The second-order valence-electron chi connectivity index (χ2n) is 4.73. The molecule has 0 aromatic carbocycles. The van der Waals surface area contributed by atoms with E-state index in [0.29, 0.717) is 11.7 Å². The number of amides is 1. The van der Waals surface area contributed by atoms with Crippen LogP contribution in [0, 0.1) is 0 Å². The van der Waals surface area contributed by atoms with Crippen molar-refractivity contribution in [2.45, 2.75) is 6.04 Å². The monoisotopic (exact) mass is 247 g/mol. The second kappa shape index (κ2) is 4.99. The Hall–Kier alpha value is -1.53. The number of hydrogen-bond acceptors (Lipinski definition) is 5. The van der Waals surface area contributed by atoms with Crippen LogP contribution in [0.5, 0.6) is 0 Å². The van der Waals surface area contributed by atoms with E-state index in [0.717, 1.165) is 39.3 Å². The third-order valence-corrected chi connectivity index (χ3v) is 3.66. The molecule has 3 heterocycles. The van der Waals surface area contributed by atoms with Crippen molar-refractivity contribution >= 4 is 5.91 Å². The van der Waals surface area contributed by atoms with Crippen molar-refractivity contribution in [2.24, 2.45) is 0 Å². The normalized spacial score (nSPS) is 21.7. The van der Waals surface area contributed by atoms with E-state index in [1.54, 1.807) is 12.4 Å². The van der Waals surface area contributed by atoms with Gasteiger partial charge >= 0.3 is 0 Å². The van der Waals surface area contributed by atoms with Gasteiger partial charge in [0, 0.05) is 57.7 Å². The van der Waals surface area contributed by atoms with Crippen LogP contribution in [-0.4, -0.2) is 71.0 Å². The Labute approximate surface area is 106 Å². The third kappa shape index (κ3) is 2.21. The van der Waals surface area contributed by atoms with Gasteiger partial charge in [0.15, 0.2) is 0 Å². The van der Waals surface area contributed by atoms with Crippen LogP contribution in [0.4, 0.5) is 0 Å². The summed E-state index contributed by atoms with van der Waals surface area (Å²) >= 11 is 0. The Morgan fingerprint density at radius 2 is 2.00 bits per heavy atom. The number of nitrogens with zero attached hydrogens (tertiary/aromatic N) is 4. The summed E-state index contributed by atoms with van der Waals surface area (Å²) in [5.74, 6) is -0.00511. The molecule has 0 atom stereocenters. The summed E-state index contributed by atoms with van der Waals surface area (Å²) in [4.78, 5) is 24.5. The molecule has 0 aliphatic carbocycles. The van der Waals surface area contributed by atoms with Crippen LogP contribution in [0.3, 0.4) is 0 Å². The standard InChI is InChI=1S/C12H17N5O/c18-12(11-9-13-1-2-15-11)17-5-3-16(4-6-17)10-7-14-8-10/h1-2,9-10,14H,3-8H2. The van der Waals surface area contributed by atoms with Gasteiger partial charge in [-0.1, -0.05) is 0 Å². The van der Waals surface area contributed by atoms with Gasteiger partial charge < -0.3 is 10.2 Å². The van der Waals surface area contributed by atoms with Crippen molar-refractivity contribution in [2.75, 3.05) is 39.3 Å². The van der Waals surface area contributed by atoms with Crippen LogP contribution in [0.25, 0.3) is 0 Å². The third-order valence-electron chi connectivity index (χ3n) is 3.66. The summed E-state index contributed by atoms with van der Waals surface area (Å²) in [5, 5.41) is 3.28. The molecule has 3 rings (SSSR count). The summed E-state index contributed by atoms with van der Waals surface area (Å²) in [6.45, 7) is 5.64. The highest BCUT2D eigenvalue weighted by molar-refractivity contribution is 5.92. The van der Waals surface area contributed by atoms with E-state index in [4.69, 9.17) is 0 Å². The molecule has 6 heteroatoms. The highest BCUT2D eigenvalue weighted by Crippen LogP contribution is 2.11. The molecule has 2 saturated heterocycles. The van der Waals surface area contributed by atoms with Crippen LogP contribution in [-0.2, 0) is 0 Å². The topological polar surface area (TPSA) is 61.4 Å². The summed E-state index contributed by atoms with van der Waals surface area (Å²) in [7, 11) is 0. The van der Waals surface area contributed by atoms with E-state index in [-0.39, 0.29) is 5.91 Å². The van der Waals surface area contributed by atoms with Crippen molar-refractivity contribution in [3.8, 4) is 0 Å². The minimum absolute atomic E-state index is 0.00511. The van der Waals surface area contributed by atoms with Gasteiger partial charge in [0.1, 0.15) is 5.69 Å². The quantitative estimate of drug-likeness (QED) is 0.742. The number of piperazine rings is 1. The molecule has 18 heavy (non-hydrogen) atoms. The molecular weight excluding hydrogens is 230 g/mol. The number of nitrogens with one attached hydrogen (secondary N) is 1. The van der Waals surface area contributed by atoms with Gasteiger partial charge in [-0.2, -0.15) is 0 Å². The summed E-state index contributed by atoms with van der Waals surface area (Å²) in [5.41, 5.74) is 0.441. The van der Waals surface area contributed by atoms with E-state index >= 15 is 0 Å². The molecule has 0 saturated carbocycles. The molecule has 96 valence electrons. The Balaban J connectivity index is 1.57. The number of carbonyl (C=O) groups excluding carboxylic acids is 1. The highest BCUT2D eigenvalue weighted by Gasteiger charge is 2.29. The predicted octanol–water partition coefficient (Wildman–Crippen LogP) is -0.794. The van der Waals surface area contributed by atoms with Crippen molar-refractivity contribution in [3.63, 3.8) is 0 Å².